The van der Waals surface area contributed by atoms with Gasteiger partial charge in [-0.25, -0.2) is 0 Å². The summed E-state index contributed by atoms with van der Waals surface area (Å²) in [5.41, 5.74) is 1.87. The molecule has 2 atom stereocenters. The first kappa shape index (κ1) is 12.2. The SMILES string of the molecule is CC1OCCC1CNCc1cc(C#N)n(C)c1. The molecule has 2 heterocycles. The minimum atomic E-state index is 0.368. The van der Waals surface area contributed by atoms with E-state index in [9.17, 15) is 0 Å². The van der Waals surface area contributed by atoms with E-state index in [0.717, 1.165) is 31.7 Å². The average molecular weight is 233 g/mol. The molecule has 4 nitrogen and oxygen atoms in total. The number of rotatable bonds is 4. The first-order valence-corrected chi connectivity index (χ1v) is 6.08. The molecule has 2 unspecified atom stereocenters. The fourth-order valence-corrected chi connectivity index (χ4v) is 2.29. The Labute approximate surface area is 102 Å². The first-order valence-electron chi connectivity index (χ1n) is 6.08. The van der Waals surface area contributed by atoms with E-state index in [1.807, 2.05) is 23.9 Å². The lowest BCUT2D eigenvalue weighted by molar-refractivity contribution is 0.105. The molecule has 1 aliphatic heterocycles. The largest absolute Gasteiger partial charge is 0.378 e. The number of nitriles is 1. The molecule has 1 fully saturated rings. The monoisotopic (exact) mass is 233 g/mol. The van der Waals surface area contributed by atoms with Gasteiger partial charge in [-0.1, -0.05) is 0 Å². The van der Waals surface area contributed by atoms with Crippen molar-refractivity contribution in [1.82, 2.24) is 9.88 Å². The molecule has 92 valence electrons. The maximum Gasteiger partial charge on any atom is 0.120 e. The van der Waals surface area contributed by atoms with Crippen LogP contribution in [0, 0.1) is 17.2 Å². The third-order valence-electron chi connectivity index (χ3n) is 3.45. The van der Waals surface area contributed by atoms with Crippen molar-refractivity contribution in [3.63, 3.8) is 0 Å². The highest BCUT2D eigenvalue weighted by Crippen LogP contribution is 2.19. The predicted octanol–water partition coefficient (Wildman–Crippen LogP) is 1.41. The fourth-order valence-electron chi connectivity index (χ4n) is 2.29. The average Bonchev–Trinajstić information content (AvgIpc) is 2.86. The smallest absolute Gasteiger partial charge is 0.120 e. The van der Waals surface area contributed by atoms with Crippen LogP contribution in [0.1, 0.15) is 24.6 Å². The minimum Gasteiger partial charge on any atom is -0.378 e. The summed E-state index contributed by atoms with van der Waals surface area (Å²) < 4.78 is 7.38. The first-order chi connectivity index (χ1) is 8.20. The van der Waals surface area contributed by atoms with Crippen LogP contribution in [0.15, 0.2) is 12.3 Å². The second kappa shape index (κ2) is 5.35. The summed E-state index contributed by atoms with van der Waals surface area (Å²) in [4.78, 5) is 0. The van der Waals surface area contributed by atoms with Gasteiger partial charge < -0.3 is 14.6 Å². The Morgan fingerprint density at radius 2 is 2.47 bits per heavy atom. The van der Waals surface area contributed by atoms with Crippen LogP contribution < -0.4 is 5.32 Å². The van der Waals surface area contributed by atoms with Crippen molar-refractivity contribution < 1.29 is 4.74 Å². The van der Waals surface area contributed by atoms with Gasteiger partial charge in [-0.3, -0.25) is 0 Å². The molecule has 0 bridgehead atoms. The number of aryl methyl sites for hydroxylation is 1. The topological polar surface area (TPSA) is 50.0 Å². The van der Waals surface area contributed by atoms with Gasteiger partial charge in [0.25, 0.3) is 0 Å². The Morgan fingerprint density at radius 1 is 1.65 bits per heavy atom. The van der Waals surface area contributed by atoms with Gasteiger partial charge >= 0.3 is 0 Å². The van der Waals surface area contributed by atoms with E-state index >= 15 is 0 Å². The lowest BCUT2D eigenvalue weighted by Crippen LogP contribution is -2.26. The van der Waals surface area contributed by atoms with Crippen molar-refractivity contribution in [1.29, 1.82) is 5.26 Å². The fraction of sp³-hybridized carbons (Fsp3) is 0.615. The molecular formula is C13H19N3O. The van der Waals surface area contributed by atoms with E-state index in [-0.39, 0.29) is 0 Å². The molecule has 2 rings (SSSR count). The number of aromatic nitrogens is 1. The van der Waals surface area contributed by atoms with Crippen LogP contribution in [0.4, 0.5) is 0 Å². The predicted molar refractivity (Wildman–Crippen MR) is 65.4 cm³/mol. The normalized spacial score (nSPS) is 23.8. The summed E-state index contributed by atoms with van der Waals surface area (Å²) in [6.45, 7) is 4.82. The summed E-state index contributed by atoms with van der Waals surface area (Å²) in [7, 11) is 1.90. The molecule has 4 heteroatoms. The van der Waals surface area contributed by atoms with E-state index in [4.69, 9.17) is 10.00 Å². The molecule has 1 aliphatic rings. The number of hydrogen-bond acceptors (Lipinski definition) is 3. The van der Waals surface area contributed by atoms with E-state index in [2.05, 4.69) is 18.3 Å². The molecule has 0 amide bonds. The number of nitrogens with one attached hydrogen (secondary N) is 1. The van der Waals surface area contributed by atoms with Crippen LogP contribution in [-0.4, -0.2) is 23.8 Å². The van der Waals surface area contributed by atoms with Crippen molar-refractivity contribution in [3.05, 3.63) is 23.5 Å². The molecule has 0 spiro atoms. The van der Waals surface area contributed by atoms with E-state index in [0.29, 0.717) is 17.7 Å². The summed E-state index contributed by atoms with van der Waals surface area (Å²) >= 11 is 0. The zero-order valence-electron chi connectivity index (χ0n) is 10.4. The standard InChI is InChI=1S/C13H19N3O/c1-10-12(3-4-17-10)8-15-7-11-5-13(6-14)16(2)9-11/h5,9-10,12,15H,3-4,7-8H2,1-2H3. The van der Waals surface area contributed by atoms with Gasteiger partial charge in [0, 0.05) is 32.9 Å². The molecule has 0 aromatic carbocycles. The van der Waals surface area contributed by atoms with Crippen molar-refractivity contribution in [3.8, 4) is 6.07 Å². The molecule has 0 saturated carbocycles. The van der Waals surface area contributed by atoms with Gasteiger partial charge in [-0.05, 0) is 30.9 Å². The van der Waals surface area contributed by atoms with E-state index < -0.39 is 0 Å². The van der Waals surface area contributed by atoms with E-state index in [1.54, 1.807) is 0 Å². The lowest BCUT2D eigenvalue weighted by Gasteiger charge is -2.14. The van der Waals surface area contributed by atoms with Gasteiger partial charge in [-0.2, -0.15) is 5.26 Å². The molecule has 1 aromatic heterocycles. The maximum atomic E-state index is 8.86. The molecule has 1 saturated heterocycles. The summed E-state index contributed by atoms with van der Waals surface area (Å²) in [5.74, 6) is 0.620. The molecule has 0 aliphatic carbocycles. The van der Waals surface area contributed by atoms with Crippen LogP contribution in [0.3, 0.4) is 0 Å². The second-order valence-electron chi connectivity index (χ2n) is 4.71. The van der Waals surface area contributed by atoms with Crippen LogP contribution in [0.5, 0.6) is 0 Å². The summed E-state index contributed by atoms with van der Waals surface area (Å²) in [5, 5.41) is 12.3. The van der Waals surface area contributed by atoms with Crippen molar-refractivity contribution in [2.75, 3.05) is 13.2 Å². The summed E-state index contributed by atoms with van der Waals surface area (Å²) in [6.07, 6.45) is 3.51. The van der Waals surface area contributed by atoms with Crippen LogP contribution >= 0.6 is 0 Å². The molecule has 17 heavy (non-hydrogen) atoms. The highest BCUT2D eigenvalue weighted by Gasteiger charge is 2.23. The zero-order valence-corrected chi connectivity index (χ0v) is 10.4. The Balaban J connectivity index is 1.80. The van der Waals surface area contributed by atoms with Crippen molar-refractivity contribution >= 4 is 0 Å². The van der Waals surface area contributed by atoms with Gasteiger partial charge in [0.2, 0.25) is 0 Å². The van der Waals surface area contributed by atoms with Gasteiger partial charge in [0.05, 0.1) is 6.10 Å². The quantitative estimate of drug-likeness (QED) is 0.855. The highest BCUT2D eigenvalue weighted by molar-refractivity contribution is 5.28. The maximum absolute atomic E-state index is 8.86. The molecule has 0 radical (unpaired) electrons. The minimum absolute atomic E-state index is 0.368. The van der Waals surface area contributed by atoms with Crippen molar-refractivity contribution in [2.45, 2.75) is 26.0 Å². The second-order valence-corrected chi connectivity index (χ2v) is 4.71. The van der Waals surface area contributed by atoms with Gasteiger partial charge in [0.1, 0.15) is 11.8 Å². The number of ether oxygens (including phenoxy) is 1. The Bertz CT molecular complexity index is 419. The lowest BCUT2D eigenvalue weighted by atomic mass is 10.0. The Hall–Kier alpha value is -1.31. The van der Waals surface area contributed by atoms with Crippen LogP contribution in [0.2, 0.25) is 0 Å². The number of nitrogens with zero attached hydrogens (tertiary/aromatic N) is 2. The third kappa shape index (κ3) is 2.87. The molecule has 1 aromatic rings. The third-order valence-corrected chi connectivity index (χ3v) is 3.45. The Kier molecular flexibility index (Phi) is 3.82. The molecular weight excluding hydrogens is 214 g/mol. The van der Waals surface area contributed by atoms with Crippen LogP contribution in [0.25, 0.3) is 0 Å². The number of hydrogen-bond donors (Lipinski definition) is 1. The van der Waals surface area contributed by atoms with E-state index in [1.165, 1.54) is 0 Å². The summed E-state index contributed by atoms with van der Waals surface area (Å²) in [6, 6.07) is 4.10. The molecule has 1 N–H and O–H groups in total. The zero-order chi connectivity index (χ0) is 12.3. The van der Waals surface area contributed by atoms with Crippen molar-refractivity contribution in [2.24, 2.45) is 13.0 Å². The van der Waals surface area contributed by atoms with Gasteiger partial charge in [-0.15, -0.1) is 0 Å². The highest BCUT2D eigenvalue weighted by atomic mass is 16.5. The van der Waals surface area contributed by atoms with Gasteiger partial charge in [0.15, 0.2) is 0 Å². The van der Waals surface area contributed by atoms with Crippen LogP contribution in [-0.2, 0) is 18.3 Å². The Morgan fingerprint density at radius 3 is 3.06 bits per heavy atom.